The zero-order valence-corrected chi connectivity index (χ0v) is 10.1. The van der Waals surface area contributed by atoms with Gasteiger partial charge in [0.1, 0.15) is 0 Å². The normalized spacial score (nSPS) is 9.95. The number of hydrogen-bond acceptors (Lipinski definition) is 4. The minimum atomic E-state index is -0.416. The lowest BCUT2D eigenvalue weighted by atomic mass is 10.3. The highest BCUT2D eigenvalue weighted by atomic mass is 19.1. The average Bonchev–Trinajstić information content (AvgIpc) is 2.46. The van der Waals surface area contributed by atoms with Gasteiger partial charge >= 0.3 is 0 Å². The van der Waals surface area contributed by atoms with E-state index in [4.69, 9.17) is 0 Å². The van der Waals surface area contributed by atoms with Gasteiger partial charge in [-0.2, -0.15) is 0 Å². The minimum Gasteiger partial charge on any atom is -0.366 e. The molecule has 0 bridgehead atoms. The molecule has 2 aromatic heterocycles. The monoisotopic (exact) mass is 260 g/mol. The SMILES string of the molecule is O=C(NCCNc1ncccc1F)c1cccnc1. The summed E-state index contributed by atoms with van der Waals surface area (Å²) in [5.41, 5.74) is 0.492. The number of carbonyl (C=O) groups is 1. The van der Waals surface area contributed by atoms with Crippen LogP contribution in [0.25, 0.3) is 0 Å². The third-order valence-electron chi connectivity index (χ3n) is 2.39. The summed E-state index contributed by atoms with van der Waals surface area (Å²) in [5, 5.41) is 5.50. The third-order valence-corrected chi connectivity index (χ3v) is 2.39. The van der Waals surface area contributed by atoms with E-state index in [0.29, 0.717) is 18.7 Å². The molecular weight excluding hydrogens is 247 g/mol. The van der Waals surface area contributed by atoms with Crippen LogP contribution in [0.2, 0.25) is 0 Å². The molecule has 0 aromatic carbocycles. The smallest absolute Gasteiger partial charge is 0.252 e. The molecule has 19 heavy (non-hydrogen) atoms. The van der Waals surface area contributed by atoms with Crippen molar-refractivity contribution in [2.75, 3.05) is 18.4 Å². The zero-order valence-electron chi connectivity index (χ0n) is 10.1. The fourth-order valence-electron chi connectivity index (χ4n) is 1.47. The molecule has 1 amide bonds. The van der Waals surface area contributed by atoms with E-state index in [-0.39, 0.29) is 11.7 Å². The number of pyridine rings is 2. The molecule has 0 spiro atoms. The molecule has 2 aromatic rings. The van der Waals surface area contributed by atoms with Crippen LogP contribution in [0.4, 0.5) is 10.2 Å². The van der Waals surface area contributed by atoms with Crippen molar-refractivity contribution in [1.82, 2.24) is 15.3 Å². The number of nitrogens with one attached hydrogen (secondary N) is 2. The first-order valence-electron chi connectivity index (χ1n) is 5.80. The second-order valence-corrected chi connectivity index (χ2v) is 3.76. The second-order valence-electron chi connectivity index (χ2n) is 3.76. The van der Waals surface area contributed by atoms with Crippen molar-refractivity contribution in [3.63, 3.8) is 0 Å². The lowest BCUT2D eigenvalue weighted by Gasteiger charge is -2.07. The molecule has 0 aliphatic rings. The van der Waals surface area contributed by atoms with Crippen molar-refractivity contribution in [2.24, 2.45) is 0 Å². The molecule has 6 heteroatoms. The Morgan fingerprint density at radius 1 is 1.21 bits per heavy atom. The van der Waals surface area contributed by atoms with E-state index in [1.807, 2.05) is 0 Å². The van der Waals surface area contributed by atoms with Crippen LogP contribution in [0.1, 0.15) is 10.4 Å². The van der Waals surface area contributed by atoms with E-state index in [9.17, 15) is 9.18 Å². The highest BCUT2D eigenvalue weighted by molar-refractivity contribution is 5.93. The van der Waals surface area contributed by atoms with Crippen LogP contribution in [0.3, 0.4) is 0 Å². The van der Waals surface area contributed by atoms with Gasteiger partial charge in [-0.1, -0.05) is 0 Å². The molecule has 2 heterocycles. The van der Waals surface area contributed by atoms with E-state index in [1.165, 1.54) is 24.5 Å². The van der Waals surface area contributed by atoms with Crippen LogP contribution in [-0.4, -0.2) is 29.0 Å². The fourth-order valence-corrected chi connectivity index (χ4v) is 1.47. The van der Waals surface area contributed by atoms with Crippen molar-refractivity contribution in [3.05, 3.63) is 54.2 Å². The first-order valence-corrected chi connectivity index (χ1v) is 5.80. The first-order chi connectivity index (χ1) is 9.27. The van der Waals surface area contributed by atoms with Gasteiger partial charge in [0.2, 0.25) is 0 Å². The van der Waals surface area contributed by atoms with Gasteiger partial charge in [0.15, 0.2) is 11.6 Å². The first kappa shape index (κ1) is 12.9. The standard InChI is InChI=1S/C13H13FN4O/c14-11-4-2-6-16-12(11)17-7-8-18-13(19)10-3-1-5-15-9-10/h1-6,9H,7-8H2,(H,16,17)(H,18,19). The Labute approximate surface area is 109 Å². The van der Waals surface area contributed by atoms with Crippen LogP contribution >= 0.6 is 0 Å². The number of halogens is 1. The van der Waals surface area contributed by atoms with E-state index in [2.05, 4.69) is 20.6 Å². The highest BCUT2D eigenvalue weighted by Crippen LogP contribution is 2.07. The van der Waals surface area contributed by atoms with Crippen LogP contribution in [0, 0.1) is 5.82 Å². The van der Waals surface area contributed by atoms with Gasteiger partial charge in [-0.25, -0.2) is 9.37 Å². The number of anilines is 1. The Hall–Kier alpha value is -2.50. The summed E-state index contributed by atoms with van der Waals surface area (Å²) in [7, 11) is 0. The Bertz CT molecular complexity index is 547. The van der Waals surface area contributed by atoms with Gasteiger partial charge in [-0.3, -0.25) is 9.78 Å². The number of amides is 1. The van der Waals surface area contributed by atoms with Gasteiger partial charge in [0, 0.05) is 31.7 Å². The average molecular weight is 260 g/mol. The van der Waals surface area contributed by atoms with Crippen LogP contribution in [0.5, 0.6) is 0 Å². The molecule has 98 valence electrons. The summed E-state index contributed by atoms with van der Waals surface area (Å²) in [4.78, 5) is 19.4. The molecular formula is C13H13FN4O. The number of nitrogens with zero attached hydrogens (tertiary/aromatic N) is 2. The number of carbonyl (C=O) groups excluding carboxylic acids is 1. The fraction of sp³-hybridized carbons (Fsp3) is 0.154. The van der Waals surface area contributed by atoms with E-state index in [1.54, 1.807) is 18.3 Å². The summed E-state index contributed by atoms with van der Waals surface area (Å²) in [6, 6.07) is 6.21. The molecule has 0 saturated heterocycles. The Balaban J connectivity index is 1.76. The topological polar surface area (TPSA) is 66.9 Å². The van der Waals surface area contributed by atoms with Gasteiger partial charge in [0.25, 0.3) is 5.91 Å². The molecule has 2 rings (SSSR count). The number of rotatable bonds is 5. The maximum Gasteiger partial charge on any atom is 0.252 e. The van der Waals surface area contributed by atoms with Crippen molar-refractivity contribution in [3.8, 4) is 0 Å². The van der Waals surface area contributed by atoms with Crippen molar-refractivity contribution in [2.45, 2.75) is 0 Å². The predicted molar refractivity (Wildman–Crippen MR) is 69.3 cm³/mol. The maximum atomic E-state index is 13.2. The highest BCUT2D eigenvalue weighted by Gasteiger charge is 2.04. The molecule has 0 atom stereocenters. The summed E-state index contributed by atoms with van der Waals surface area (Å²) >= 11 is 0. The number of aromatic nitrogens is 2. The predicted octanol–water partition coefficient (Wildman–Crippen LogP) is 1.46. The molecule has 0 unspecified atom stereocenters. The second kappa shape index (κ2) is 6.44. The largest absolute Gasteiger partial charge is 0.366 e. The molecule has 0 radical (unpaired) electrons. The molecule has 5 nitrogen and oxygen atoms in total. The van der Waals surface area contributed by atoms with Crippen LogP contribution in [0.15, 0.2) is 42.9 Å². The Morgan fingerprint density at radius 3 is 2.79 bits per heavy atom. The molecule has 2 N–H and O–H groups in total. The van der Waals surface area contributed by atoms with Crippen LogP contribution < -0.4 is 10.6 Å². The zero-order chi connectivity index (χ0) is 13.5. The number of hydrogen-bond donors (Lipinski definition) is 2. The van der Waals surface area contributed by atoms with E-state index >= 15 is 0 Å². The molecule has 0 aliphatic heterocycles. The van der Waals surface area contributed by atoms with Crippen LogP contribution in [-0.2, 0) is 0 Å². The van der Waals surface area contributed by atoms with Crippen molar-refractivity contribution in [1.29, 1.82) is 0 Å². The molecule has 0 saturated carbocycles. The Kier molecular flexibility index (Phi) is 4.39. The summed E-state index contributed by atoms with van der Waals surface area (Å²) in [6.07, 6.45) is 4.59. The quantitative estimate of drug-likeness (QED) is 0.799. The summed E-state index contributed by atoms with van der Waals surface area (Å²) in [5.74, 6) is -0.449. The van der Waals surface area contributed by atoms with Gasteiger partial charge in [-0.05, 0) is 24.3 Å². The van der Waals surface area contributed by atoms with Gasteiger partial charge in [-0.15, -0.1) is 0 Å². The third kappa shape index (κ3) is 3.74. The lowest BCUT2D eigenvalue weighted by Crippen LogP contribution is -2.29. The summed E-state index contributed by atoms with van der Waals surface area (Å²) in [6.45, 7) is 0.754. The van der Waals surface area contributed by atoms with E-state index in [0.717, 1.165) is 0 Å². The van der Waals surface area contributed by atoms with E-state index < -0.39 is 5.82 Å². The summed E-state index contributed by atoms with van der Waals surface area (Å²) < 4.78 is 13.2. The molecule has 0 fully saturated rings. The maximum absolute atomic E-state index is 13.2. The van der Waals surface area contributed by atoms with Crippen molar-refractivity contribution >= 4 is 11.7 Å². The molecule has 0 aliphatic carbocycles. The van der Waals surface area contributed by atoms with Crippen molar-refractivity contribution < 1.29 is 9.18 Å². The van der Waals surface area contributed by atoms with Gasteiger partial charge in [0.05, 0.1) is 5.56 Å². The lowest BCUT2D eigenvalue weighted by molar-refractivity contribution is 0.0955. The van der Waals surface area contributed by atoms with Gasteiger partial charge < -0.3 is 10.6 Å². The Morgan fingerprint density at radius 2 is 2.05 bits per heavy atom. The minimum absolute atomic E-state index is 0.179.